The molecule has 1 amide bonds. The lowest BCUT2D eigenvalue weighted by Gasteiger charge is -2.25. The maximum absolute atomic E-state index is 13.9. The van der Waals surface area contributed by atoms with Gasteiger partial charge in [0, 0.05) is 23.3 Å². The minimum absolute atomic E-state index is 0.00461. The predicted octanol–water partition coefficient (Wildman–Crippen LogP) is 3.86. The number of carbonyl (C=O) groups excluding carboxylic acids is 1. The van der Waals surface area contributed by atoms with E-state index in [1.165, 1.54) is 19.2 Å². The third-order valence-corrected chi connectivity index (χ3v) is 2.87. The van der Waals surface area contributed by atoms with Gasteiger partial charge in [-0.25, -0.2) is 14.2 Å². The normalized spacial score (nSPS) is 12.0. The van der Waals surface area contributed by atoms with Crippen LogP contribution in [0.1, 0.15) is 26.3 Å². The van der Waals surface area contributed by atoms with Crippen molar-refractivity contribution in [3.63, 3.8) is 0 Å². The fraction of sp³-hybridized carbons (Fsp3) is 0.385. The molecular formula is C13H16BrClFN3O2. The van der Waals surface area contributed by atoms with E-state index in [-0.39, 0.29) is 11.4 Å². The van der Waals surface area contributed by atoms with E-state index in [9.17, 15) is 9.18 Å². The molecule has 0 radical (unpaired) electrons. The van der Waals surface area contributed by atoms with Gasteiger partial charge in [-0.1, -0.05) is 15.9 Å². The molecule has 8 heteroatoms. The van der Waals surface area contributed by atoms with E-state index in [0.29, 0.717) is 4.47 Å². The summed E-state index contributed by atoms with van der Waals surface area (Å²) in [6.45, 7) is 5.22. The molecule has 0 saturated carbocycles. The zero-order chi connectivity index (χ0) is 16.2. The first-order valence-electron chi connectivity index (χ1n) is 6.02. The van der Waals surface area contributed by atoms with Crippen LogP contribution in [0, 0.1) is 5.82 Å². The molecule has 0 unspecified atom stereocenters. The molecule has 1 rings (SSSR count). The summed E-state index contributed by atoms with van der Waals surface area (Å²) in [6.07, 6.45) is -0.641. The Hall–Kier alpha value is -1.34. The number of benzene rings is 1. The Morgan fingerprint density at radius 2 is 2.10 bits per heavy atom. The summed E-state index contributed by atoms with van der Waals surface area (Å²) < 4.78 is 23.0. The molecule has 0 fully saturated rings. The van der Waals surface area contributed by atoms with Crippen LogP contribution < -0.4 is 5.43 Å². The second-order valence-electron chi connectivity index (χ2n) is 5.21. The molecule has 21 heavy (non-hydrogen) atoms. The van der Waals surface area contributed by atoms with Gasteiger partial charge in [0.2, 0.25) is 0 Å². The Labute approximate surface area is 136 Å². The minimum Gasteiger partial charge on any atom is -0.442 e. The average Bonchev–Trinajstić information content (AvgIpc) is 2.34. The zero-order valence-corrected chi connectivity index (χ0v) is 14.4. The van der Waals surface area contributed by atoms with E-state index < -0.39 is 17.5 Å². The summed E-state index contributed by atoms with van der Waals surface area (Å²) in [4.78, 5) is 11.8. The van der Waals surface area contributed by atoms with Gasteiger partial charge in [0.25, 0.3) is 0 Å². The summed E-state index contributed by atoms with van der Waals surface area (Å²) in [5, 5.41) is 1.04. The van der Waals surface area contributed by atoms with Crippen molar-refractivity contribution in [1.82, 2.24) is 10.4 Å². The van der Waals surface area contributed by atoms with E-state index in [2.05, 4.69) is 25.9 Å². The van der Waals surface area contributed by atoms with Gasteiger partial charge in [-0.05, 0) is 39.0 Å². The fourth-order valence-electron chi connectivity index (χ4n) is 1.34. The Kier molecular flexibility index (Phi) is 5.98. The van der Waals surface area contributed by atoms with Crippen LogP contribution in [0.15, 0.2) is 27.2 Å². The highest BCUT2D eigenvalue weighted by atomic mass is 79.9. The van der Waals surface area contributed by atoms with Crippen LogP contribution in [0.25, 0.3) is 0 Å². The molecule has 1 N–H and O–H groups in total. The Bertz CT molecular complexity index is 561. The highest BCUT2D eigenvalue weighted by molar-refractivity contribution is 9.10. The highest BCUT2D eigenvalue weighted by Gasteiger charge is 2.21. The molecule has 0 aromatic heterocycles. The molecule has 0 heterocycles. The molecule has 116 valence electrons. The van der Waals surface area contributed by atoms with Crippen LogP contribution in [-0.2, 0) is 4.74 Å². The topological polar surface area (TPSA) is 53.9 Å². The van der Waals surface area contributed by atoms with Gasteiger partial charge in [-0.15, -0.1) is 0 Å². The summed E-state index contributed by atoms with van der Waals surface area (Å²) in [5.41, 5.74) is 2.07. The third kappa shape index (κ3) is 5.51. The van der Waals surface area contributed by atoms with Crippen LogP contribution >= 0.6 is 27.7 Å². The van der Waals surface area contributed by atoms with Gasteiger partial charge in [0.05, 0.1) is 5.56 Å². The van der Waals surface area contributed by atoms with Crippen LogP contribution in [0.2, 0.25) is 0 Å². The maximum Gasteiger partial charge on any atom is 0.428 e. The number of hydrazine groups is 1. The molecule has 0 aliphatic carbocycles. The molecular weight excluding hydrogens is 365 g/mol. The van der Waals surface area contributed by atoms with E-state index in [0.717, 1.165) is 5.01 Å². The maximum atomic E-state index is 13.9. The summed E-state index contributed by atoms with van der Waals surface area (Å²) in [5.74, 6) is -0.538. The monoisotopic (exact) mass is 379 g/mol. The molecule has 0 saturated heterocycles. The molecule has 5 nitrogen and oxygen atoms in total. The molecule has 1 aromatic rings. The van der Waals surface area contributed by atoms with Gasteiger partial charge in [-0.2, -0.15) is 4.51 Å². The molecule has 0 aliphatic rings. The Morgan fingerprint density at radius 1 is 1.48 bits per heavy atom. The van der Waals surface area contributed by atoms with Crippen molar-refractivity contribution in [3.8, 4) is 0 Å². The highest BCUT2D eigenvalue weighted by Crippen LogP contribution is 2.16. The van der Waals surface area contributed by atoms with Crippen molar-refractivity contribution in [2.45, 2.75) is 26.4 Å². The smallest absolute Gasteiger partial charge is 0.428 e. The van der Waals surface area contributed by atoms with Crippen molar-refractivity contribution in [2.75, 3.05) is 7.05 Å². The van der Waals surface area contributed by atoms with Crippen LogP contribution in [0.4, 0.5) is 9.18 Å². The number of amides is 1. The first-order chi connectivity index (χ1) is 9.64. The van der Waals surface area contributed by atoms with Crippen molar-refractivity contribution in [3.05, 3.63) is 34.1 Å². The van der Waals surface area contributed by atoms with E-state index in [1.54, 1.807) is 26.8 Å². The second kappa shape index (κ2) is 7.09. The van der Waals surface area contributed by atoms with Gasteiger partial charge >= 0.3 is 6.09 Å². The number of carbonyl (C=O) groups is 1. The summed E-state index contributed by atoms with van der Waals surface area (Å²) in [6, 6.07) is 4.39. The van der Waals surface area contributed by atoms with Gasteiger partial charge in [0.15, 0.2) is 5.84 Å². The van der Waals surface area contributed by atoms with Gasteiger partial charge < -0.3 is 4.74 Å². The van der Waals surface area contributed by atoms with E-state index in [4.69, 9.17) is 16.5 Å². The predicted molar refractivity (Wildman–Crippen MR) is 83.6 cm³/mol. The average molecular weight is 381 g/mol. The third-order valence-electron chi connectivity index (χ3n) is 2.21. The lowest BCUT2D eigenvalue weighted by molar-refractivity contribution is 0.0251. The number of amidine groups is 1. The van der Waals surface area contributed by atoms with Gasteiger partial charge in [-0.3, -0.25) is 5.43 Å². The molecule has 0 bridgehead atoms. The Morgan fingerprint density at radius 3 is 2.57 bits per heavy atom. The lowest BCUT2D eigenvalue weighted by Crippen LogP contribution is -2.46. The zero-order valence-electron chi connectivity index (χ0n) is 12.1. The quantitative estimate of drug-likeness (QED) is 0.457. The second-order valence-corrected chi connectivity index (χ2v) is 6.29. The largest absolute Gasteiger partial charge is 0.442 e. The standard InChI is InChI=1S/C13H16BrClFN3O2/c1-13(2,3)21-12(20)19(4)18-11(17-15)9-6-5-8(14)7-10(9)16/h5-7H,1-4H3,(H,17,18). The number of nitrogens with one attached hydrogen (secondary N) is 1. The minimum atomic E-state index is -0.645. The number of rotatable bonds is 1. The number of hydrogen-bond acceptors (Lipinski definition) is 3. The fourth-order valence-corrected chi connectivity index (χ4v) is 1.80. The Balaban J connectivity index is 2.86. The van der Waals surface area contributed by atoms with Crippen molar-refractivity contribution in [2.24, 2.45) is 4.51 Å². The first-order valence-corrected chi connectivity index (χ1v) is 7.15. The van der Waals surface area contributed by atoms with E-state index in [1.807, 2.05) is 0 Å². The summed E-state index contributed by atoms with van der Waals surface area (Å²) >= 11 is 8.62. The lowest BCUT2D eigenvalue weighted by atomic mass is 10.2. The van der Waals surface area contributed by atoms with Crippen LogP contribution in [-0.4, -0.2) is 29.6 Å². The van der Waals surface area contributed by atoms with Crippen LogP contribution in [0.3, 0.4) is 0 Å². The number of nitrogens with zero attached hydrogens (tertiary/aromatic N) is 2. The molecule has 1 aromatic carbocycles. The first kappa shape index (κ1) is 17.7. The van der Waals surface area contributed by atoms with Gasteiger partial charge in [0.1, 0.15) is 11.4 Å². The van der Waals surface area contributed by atoms with Crippen molar-refractivity contribution >= 4 is 39.6 Å². The van der Waals surface area contributed by atoms with Crippen molar-refractivity contribution < 1.29 is 13.9 Å². The number of ether oxygens (including phenoxy) is 1. The summed E-state index contributed by atoms with van der Waals surface area (Å²) in [7, 11) is 1.42. The van der Waals surface area contributed by atoms with Crippen LogP contribution in [0.5, 0.6) is 0 Å². The number of halogens is 3. The molecule has 0 spiro atoms. The van der Waals surface area contributed by atoms with E-state index >= 15 is 0 Å². The molecule has 0 atom stereocenters. The SMILES string of the molecule is CN(N/C(=N\Cl)c1ccc(Br)cc1F)C(=O)OC(C)(C)C. The van der Waals surface area contributed by atoms with Crippen molar-refractivity contribution in [1.29, 1.82) is 0 Å². The number of hydrogen-bond donors (Lipinski definition) is 1. The molecule has 0 aliphatic heterocycles.